The van der Waals surface area contributed by atoms with Gasteiger partial charge < -0.3 is 14.2 Å². The highest BCUT2D eigenvalue weighted by molar-refractivity contribution is 6.06. The fourth-order valence-electron chi connectivity index (χ4n) is 2.78. The number of methoxy groups -OCH3 is 1. The van der Waals surface area contributed by atoms with Crippen LogP contribution >= 0.6 is 0 Å². The zero-order valence-electron chi connectivity index (χ0n) is 16.3. The molecule has 0 aromatic heterocycles. The Balaban J connectivity index is 1.83. The van der Waals surface area contributed by atoms with Crippen molar-refractivity contribution >= 4 is 17.8 Å². The first-order chi connectivity index (χ1) is 13.3. The van der Waals surface area contributed by atoms with Gasteiger partial charge >= 0.3 is 5.97 Å². The summed E-state index contributed by atoms with van der Waals surface area (Å²) in [6.07, 6.45) is 0. The molecule has 7 nitrogen and oxygen atoms in total. The van der Waals surface area contributed by atoms with Gasteiger partial charge in [-0.25, -0.2) is 4.79 Å². The van der Waals surface area contributed by atoms with Crippen LogP contribution in [0.3, 0.4) is 0 Å². The minimum absolute atomic E-state index is 0.207. The first-order valence-electron chi connectivity index (χ1n) is 8.65. The number of benzene rings is 2. The number of aryl methyl sites for hydroxylation is 3. The van der Waals surface area contributed by atoms with E-state index in [-0.39, 0.29) is 12.2 Å². The number of rotatable bonds is 7. The monoisotopic (exact) mass is 385 g/mol. The molecule has 0 saturated heterocycles. The Hall–Kier alpha value is -3.35. The number of amides is 2. The third kappa shape index (κ3) is 5.57. The number of carbonyl (C=O) groups excluding carboxylic acids is 3. The Morgan fingerprint density at radius 3 is 2.25 bits per heavy atom. The zero-order valence-corrected chi connectivity index (χ0v) is 16.3. The number of para-hydroxylation sites is 1. The lowest BCUT2D eigenvalue weighted by atomic mass is 10.1. The summed E-state index contributed by atoms with van der Waals surface area (Å²) in [5.41, 5.74) is 3.12. The van der Waals surface area contributed by atoms with Gasteiger partial charge in [0.2, 0.25) is 0 Å². The summed E-state index contributed by atoms with van der Waals surface area (Å²) < 4.78 is 15.4. The van der Waals surface area contributed by atoms with E-state index in [1.165, 1.54) is 13.2 Å². The topological polar surface area (TPSA) is 90.9 Å². The fraction of sp³-hybridized carbons (Fsp3) is 0.286. The molecule has 0 aliphatic carbocycles. The molecule has 0 fully saturated rings. The van der Waals surface area contributed by atoms with Gasteiger partial charge in [-0.2, -0.15) is 0 Å². The number of ether oxygens (including phenoxy) is 3. The Labute approximate surface area is 163 Å². The molecule has 1 N–H and O–H groups in total. The Morgan fingerprint density at radius 2 is 1.61 bits per heavy atom. The molecule has 2 amide bonds. The highest BCUT2D eigenvalue weighted by atomic mass is 16.6. The van der Waals surface area contributed by atoms with Crippen molar-refractivity contribution in [2.75, 3.05) is 20.3 Å². The smallest absolute Gasteiger partial charge is 0.344 e. The number of hydrogen-bond donors (Lipinski definition) is 1. The molecule has 0 radical (unpaired) electrons. The highest BCUT2D eigenvalue weighted by Crippen LogP contribution is 2.24. The van der Waals surface area contributed by atoms with Gasteiger partial charge in [0.15, 0.2) is 13.2 Å². The molecular formula is C21H23NO6. The van der Waals surface area contributed by atoms with E-state index in [4.69, 9.17) is 14.2 Å². The fourth-order valence-corrected chi connectivity index (χ4v) is 2.78. The van der Waals surface area contributed by atoms with Crippen LogP contribution < -0.4 is 14.8 Å². The molecule has 0 atom stereocenters. The van der Waals surface area contributed by atoms with Crippen molar-refractivity contribution in [3.8, 4) is 11.5 Å². The molecule has 2 aromatic carbocycles. The van der Waals surface area contributed by atoms with Crippen LogP contribution in [-0.2, 0) is 14.3 Å². The van der Waals surface area contributed by atoms with Crippen molar-refractivity contribution in [1.29, 1.82) is 0 Å². The van der Waals surface area contributed by atoms with Crippen LogP contribution in [0.4, 0.5) is 0 Å². The van der Waals surface area contributed by atoms with E-state index in [1.54, 1.807) is 18.2 Å². The molecule has 0 unspecified atom stereocenters. The summed E-state index contributed by atoms with van der Waals surface area (Å²) in [5, 5.41) is 2.15. The third-order valence-corrected chi connectivity index (χ3v) is 3.91. The molecule has 0 saturated carbocycles. The highest BCUT2D eigenvalue weighted by Gasteiger charge is 2.16. The SMILES string of the molecule is COc1ccccc1C(=O)NC(=O)COC(=O)COc1c(C)cc(C)cc1C. The lowest BCUT2D eigenvalue weighted by molar-refractivity contribution is -0.150. The van der Waals surface area contributed by atoms with Gasteiger partial charge in [-0.15, -0.1) is 0 Å². The Bertz CT molecular complexity index is 867. The third-order valence-electron chi connectivity index (χ3n) is 3.91. The predicted molar refractivity (Wildman–Crippen MR) is 103 cm³/mol. The van der Waals surface area contributed by atoms with Crippen molar-refractivity contribution in [3.05, 3.63) is 58.7 Å². The van der Waals surface area contributed by atoms with Crippen LogP contribution in [0, 0.1) is 20.8 Å². The van der Waals surface area contributed by atoms with E-state index in [2.05, 4.69) is 5.32 Å². The van der Waals surface area contributed by atoms with Gasteiger partial charge in [0.25, 0.3) is 11.8 Å². The summed E-state index contributed by atoms with van der Waals surface area (Å²) in [6.45, 7) is 4.82. The standard InChI is InChI=1S/C21H23NO6/c1-13-9-14(2)20(15(3)10-13)28-12-19(24)27-11-18(23)22-21(25)16-7-5-6-8-17(16)26-4/h5-10H,11-12H2,1-4H3,(H,22,23,25). The van der Waals surface area contributed by atoms with Crippen molar-refractivity contribution in [3.63, 3.8) is 0 Å². The lowest BCUT2D eigenvalue weighted by Crippen LogP contribution is -2.34. The number of carbonyl (C=O) groups is 3. The number of esters is 1. The number of nitrogens with one attached hydrogen (secondary N) is 1. The summed E-state index contributed by atoms with van der Waals surface area (Å²) in [5.74, 6) is -1.15. The molecule has 0 aliphatic rings. The van der Waals surface area contributed by atoms with Gasteiger partial charge in [0, 0.05) is 0 Å². The second kappa shape index (κ2) is 9.55. The molecular weight excluding hydrogens is 362 g/mol. The first-order valence-corrected chi connectivity index (χ1v) is 8.65. The van der Waals surface area contributed by atoms with E-state index in [9.17, 15) is 14.4 Å². The van der Waals surface area contributed by atoms with Crippen LogP contribution in [0.25, 0.3) is 0 Å². The molecule has 0 spiro atoms. The second-order valence-corrected chi connectivity index (χ2v) is 6.25. The van der Waals surface area contributed by atoms with Crippen LogP contribution in [0.2, 0.25) is 0 Å². The summed E-state index contributed by atoms with van der Waals surface area (Å²) in [6, 6.07) is 10.4. The lowest BCUT2D eigenvalue weighted by Gasteiger charge is -2.13. The minimum Gasteiger partial charge on any atom is -0.496 e. The van der Waals surface area contributed by atoms with Gasteiger partial charge in [0.1, 0.15) is 11.5 Å². The summed E-state index contributed by atoms with van der Waals surface area (Å²) >= 11 is 0. The predicted octanol–water partition coefficient (Wildman–Crippen LogP) is 2.50. The maximum absolute atomic E-state index is 12.1. The Morgan fingerprint density at radius 1 is 0.964 bits per heavy atom. The van der Waals surface area contributed by atoms with E-state index < -0.39 is 24.4 Å². The normalized spacial score (nSPS) is 10.1. The molecule has 0 bridgehead atoms. The summed E-state index contributed by atoms with van der Waals surface area (Å²) in [7, 11) is 1.42. The zero-order chi connectivity index (χ0) is 20.7. The van der Waals surface area contributed by atoms with E-state index >= 15 is 0 Å². The van der Waals surface area contributed by atoms with Gasteiger partial charge in [0.05, 0.1) is 12.7 Å². The number of hydrogen-bond acceptors (Lipinski definition) is 6. The molecule has 148 valence electrons. The van der Waals surface area contributed by atoms with E-state index in [1.807, 2.05) is 32.9 Å². The molecule has 7 heteroatoms. The van der Waals surface area contributed by atoms with Crippen LogP contribution in [0.15, 0.2) is 36.4 Å². The summed E-state index contributed by atoms with van der Waals surface area (Å²) in [4.78, 5) is 35.8. The van der Waals surface area contributed by atoms with Crippen LogP contribution in [0.5, 0.6) is 11.5 Å². The van der Waals surface area contributed by atoms with Crippen molar-refractivity contribution in [2.45, 2.75) is 20.8 Å². The van der Waals surface area contributed by atoms with Gasteiger partial charge in [-0.1, -0.05) is 29.8 Å². The molecule has 28 heavy (non-hydrogen) atoms. The van der Waals surface area contributed by atoms with E-state index in [0.29, 0.717) is 11.5 Å². The largest absolute Gasteiger partial charge is 0.496 e. The molecule has 2 rings (SSSR count). The van der Waals surface area contributed by atoms with Crippen molar-refractivity contribution in [2.24, 2.45) is 0 Å². The number of imide groups is 1. The molecule has 0 aliphatic heterocycles. The quantitative estimate of drug-likeness (QED) is 0.737. The Kier molecular flexibility index (Phi) is 7.14. The average molecular weight is 385 g/mol. The average Bonchev–Trinajstić information content (AvgIpc) is 2.65. The van der Waals surface area contributed by atoms with Crippen molar-refractivity contribution in [1.82, 2.24) is 5.32 Å². The molecule has 0 heterocycles. The first kappa shape index (κ1) is 21.0. The van der Waals surface area contributed by atoms with Crippen LogP contribution in [-0.4, -0.2) is 38.1 Å². The maximum Gasteiger partial charge on any atom is 0.344 e. The second-order valence-electron chi connectivity index (χ2n) is 6.25. The minimum atomic E-state index is -0.744. The molecule has 2 aromatic rings. The van der Waals surface area contributed by atoms with Crippen LogP contribution in [0.1, 0.15) is 27.0 Å². The van der Waals surface area contributed by atoms with E-state index in [0.717, 1.165) is 16.7 Å². The van der Waals surface area contributed by atoms with Crippen molar-refractivity contribution < 1.29 is 28.6 Å². The van der Waals surface area contributed by atoms with Gasteiger partial charge in [-0.3, -0.25) is 14.9 Å². The van der Waals surface area contributed by atoms with Gasteiger partial charge in [-0.05, 0) is 44.0 Å². The maximum atomic E-state index is 12.1.